The fourth-order valence-corrected chi connectivity index (χ4v) is 2.67. The van der Waals surface area contributed by atoms with Crippen LogP contribution in [0.25, 0.3) is 0 Å². The Bertz CT molecular complexity index is 571. The van der Waals surface area contributed by atoms with Crippen LogP contribution in [-0.4, -0.2) is 45.1 Å². The van der Waals surface area contributed by atoms with Crippen molar-refractivity contribution in [1.82, 2.24) is 14.9 Å². The minimum atomic E-state index is -0.697. The molecular weight excluding hydrogens is 262 g/mol. The molecule has 1 amide bonds. The quantitative estimate of drug-likeness (QED) is 0.712. The van der Waals surface area contributed by atoms with E-state index in [9.17, 15) is 14.4 Å². The van der Waals surface area contributed by atoms with Crippen molar-refractivity contribution in [3.63, 3.8) is 0 Å². The van der Waals surface area contributed by atoms with Gasteiger partial charge in [0.15, 0.2) is 0 Å². The zero-order valence-electron chi connectivity index (χ0n) is 11.2. The zero-order chi connectivity index (χ0) is 14.5. The molecule has 1 aliphatic rings. The molecule has 0 atom stereocenters. The molecule has 0 unspecified atom stereocenters. The fourth-order valence-electron chi connectivity index (χ4n) is 2.67. The standard InChI is InChI=1S/C13H19N3O4/c17-7-6-16(9-4-2-1-3-5-9)12(19)10-8-14-13(20)15-11(10)18/h8-9,17H,1-7H2,(H2,14,15,18,20). The van der Waals surface area contributed by atoms with Crippen molar-refractivity contribution in [3.8, 4) is 0 Å². The Morgan fingerprint density at radius 1 is 1.30 bits per heavy atom. The lowest BCUT2D eigenvalue weighted by molar-refractivity contribution is 0.0583. The molecule has 7 heteroatoms. The number of nitrogens with zero attached hydrogens (tertiary/aromatic N) is 1. The van der Waals surface area contributed by atoms with E-state index in [0.717, 1.165) is 38.3 Å². The van der Waals surface area contributed by atoms with Gasteiger partial charge in [-0.05, 0) is 12.8 Å². The van der Waals surface area contributed by atoms with Gasteiger partial charge in [0, 0.05) is 18.8 Å². The summed E-state index contributed by atoms with van der Waals surface area (Å²) in [5, 5.41) is 9.14. The van der Waals surface area contributed by atoms with Gasteiger partial charge in [-0.15, -0.1) is 0 Å². The highest BCUT2D eigenvalue weighted by molar-refractivity contribution is 5.93. The summed E-state index contributed by atoms with van der Waals surface area (Å²) in [6.07, 6.45) is 6.14. The van der Waals surface area contributed by atoms with Crippen LogP contribution >= 0.6 is 0 Å². The number of carbonyl (C=O) groups excluding carboxylic acids is 1. The summed E-state index contributed by atoms with van der Waals surface area (Å²) in [5.74, 6) is -0.441. The lowest BCUT2D eigenvalue weighted by Gasteiger charge is -2.33. The van der Waals surface area contributed by atoms with Gasteiger partial charge < -0.3 is 15.0 Å². The molecule has 0 aliphatic heterocycles. The number of aromatic nitrogens is 2. The van der Waals surface area contributed by atoms with Gasteiger partial charge in [-0.2, -0.15) is 0 Å². The molecule has 1 aromatic rings. The number of hydrogen-bond acceptors (Lipinski definition) is 4. The SMILES string of the molecule is O=C(c1c[nH]c(=O)[nH]c1=O)N(CCO)C1CCCCC1. The van der Waals surface area contributed by atoms with Crippen molar-refractivity contribution in [2.45, 2.75) is 38.1 Å². The smallest absolute Gasteiger partial charge is 0.325 e. The second-order valence-electron chi connectivity index (χ2n) is 5.00. The highest BCUT2D eigenvalue weighted by Gasteiger charge is 2.27. The first-order chi connectivity index (χ1) is 9.63. The van der Waals surface area contributed by atoms with Crippen LogP contribution in [0.15, 0.2) is 15.8 Å². The van der Waals surface area contributed by atoms with Gasteiger partial charge in [0.1, 0.15) is 5.56 Å². The van der Waals surface area contributed by atoms with E-state index in [1.165, 1.54) is 0 Å². The number of nitrogens with one attached hydrogen (secondary N) is 2. The summed E-state index contributed by atoms with van der Waals surface area (Å²) in [6.45, 7) is 0.0472. The molecular formula is C13H19N3O4. The van der Waals surface area contributed by atoms with Crippen LogP contribution in [0.4, 0.5) is 0 Å². The number of aliphatic hydroxyl groups is 1. The first kappa shape index (κ1) is 14.5. The predicted octanol–water partition coefficient (Wildman–Crippen LogP) is -0.170. The number of aliphatic hydroxyl groups excluding tert-OH is 1. The molecule has 20 heavy (non-hydrogen) atoms. The van der Waals surface area contributed by atoms with E-state index in [1.807, 2.05) is 4.98 Å². The number of amides is 1. The molecule has 1 aliphatic carbocycles. The Labute approximate surface area is 115 Å². The van der Waals surface area contributed by atoms with E-state index in [0.29, 0.717) is 0 Å². The van der Waals surface area contributed by atoms with Crippen LogP contribution in [0.1, 0.15) is 42.5 Å². The molecule has 0 saturated heterocycles. The first-order valence-electron chi connectivity index (χ1n) is 6.87. The Kier molecular flexibility index (Phi) is 4.73. The molecule has 1 aromatic heterocycles. The monoisotopic (exact) mass is 281 g/mol. The van der Waals surface area contributed by atoms with Crippen LogP contribution in [0.3, 0.4) is 0 Å². The molecule has 2 rings (SSSR count). The number of aromatic amines is 2. The summed E-state index contributed by atoms with van der Waals surface area (Å²) in [4.78, 5) is 41.0. The molecule has 3 N–H and O–H groups in total. The summed E-state index contributed by atoms with van der Waals surface area (Å²) in [5.41, 5.74) is -1.43. The molecule has 0 aromatic carbocycles. The number of rotatable bonds is 4. The maximum Gasteiger partial charge on any atom is 0.325 e. The van der Waals surface area contributed by atoms with Crippen molar-refractivity contribution in [2.75, 3.05) is 13.2 Å². The molecule has 0 bridgehead atoms. The Morgan fingerprint density at radius 3 is 2.60 bits per heavy atom. The number of H-pyrrole nitrogens is 2. The van der Waals surface area contributed by atoms with Gasteiger partial charge in [0.25, 0.3) is 11.5 Å². The molecule has 1 heterocycles. The van der Waals surface area contributed by atoms with Crippen molar-refractivity contribution < 1.29 is 9.90 Å². The van der Waals surface area contributed by atoms with Gasteiger partial charge in [-0.1, -0.05) is 19.3 Å². The highest BCUT2D eigenvalue weighted by atomic mass is 16.3. The van der Waals surface area contributed by atoms with Gasteiger partial charge in [0.2, 0.25) is 0 Å². The molecule has 0 radical (unpaired) electrons. The molecule has 1 fully saturated rings. The Hall–Kier alpha value is -1.89. The van der Waals surface area contributed by atoms with Crippen LogP contribution in [0.5, 0.6) is 0 Å². The van der Waals surface area contributed by atoms with E-state index in [2.05, 4.69) is 4.98 Å². The highest BCUT2D eigenvalue weighted by Crippen LogP contribution is 2.23. The minimum Gasteiger partial charge on any atom is -0.395 e. The minimum absolute atomic E-state index is 0.0507. The van der Waals surface area contributed by atoms with E-state index in [1.54, 1.807) is 4.90 Å². The Balaban J connectivity index is 2.25. The predicted molar refractivity (Wildman–Crippen MR) is 72.7 cm³/mol. The summed E-state index contributed by atoms with van der Waals surface area (Å²) >= 11 is 0. The normalized spacial score (nSPS) is 16.1. The zero-order valence-corrected chi connectivity index (χ0v) is 11.2. The lowest BCUT2D eigenvalue weighted by atomic mass is 9.94. The largest absolute Gasteiger partial charge is 0.395 e. The average Bonchev–Trinajstić information content (AvgIpc) is 2.45. The van der Waals surface area contributed by atoms with Crippen LogP contribution < -0.4 is 11.2 Å². The van der Waals surface area contributed by atoms with Gasteiger partial charge in [-0.3, -0.25) is 14.6 Å². The van der Waals surface area contributed by atoms with Crippen molar-refractivity contribution in [3.05, 3.63) is 32.6 Å². The van der Waals surface area contributed by atoms with Crippen molar-refractivity contribution in [1.29, 1.82) is 0 Å². The first-order valence-corrected chi connectivity index (χ1v) is 6.87. The van der Waals surface area contributed by atoms with Crippen LogP contribution in [-0.2, 0) is 0 Å². The second-order valence-corrected chi connectivity index (χ2v) is 5.00. The third-order valence-corrected chi connectivity index (χ3v) is 3.67. The van der Waals surface area contributed by atoms with E-state index >= 15 is 0 Å². The van der Waals surface area contributed by atoms with E-state index in [-0.39, 0.29) is 24.8 Å². The fraction of sp³-hybridized carbons (Fsp3) is 0.615. The van der Waals surface area contributed by atoms with Crippen molar-refractivity contribution >= 4 is 5.91 Å². The summed E-state index contributed by atoms with van der Waals surface area (Å²) < 4.78 is 0. The summed E-state index contributed by atoms with van der Waals surface area (Å²) in [6, 6.07) is 0.0507. The van der Waals surface area contributed by atoms with Crippen LogP contribution in [0, 0.1) is 0 Å². The van der Waals surface area contributed by atoms with Gasteiger partial charge in [-0.25, -0.2) is 4.79 Å². The van der Waals surface area contributed by atoms with E-state index < -0.39 is 17.2 Å². The topological polar surface area (TPSA) is 106 Å². The van der Waals surface area contributed by atoms with Gasteiger partial charge in [0.05, 0.1) is 6.61 Å². The van der Waals surface area contributed by atoms with Crippen molar-refractivity contribution in [2.24, 2.45) is 0 Å². The van der Waals surface area contributed by atoms with E-state index in [4.69, 9.17) is 5.11 Å². The maximum absolute atomic E-state index is 12.4. The molecule has 7 nitrogen and oxygen atoms in total. The molecule has 1 saturated carbocycles. The maximum atomic E-state index is 12.4. The molecule has 0 spiro atoms. The Morgan fingerprint density at radius 2 is 2.00 bits per heavy atom. The second kappa shape index (κ2) is 6.51. The van der Waals surface area contributed by atoms with Crippen LogP contribution in [0.2, 0.25) is 0 Å². The average molecular weight is 281 g/mol. The number of carbonyl (C=O) groups is 1. The third kappa shape index (κ3) is 3.16. The number of hydrogen-bond donors (Lipinski definition) is 3. The molecule has 110 valence electrons. The van der Waals surface area contributed by atoms with Gasteiger partial charge >= 0.3 is 5.69 Å². The third-order valence-electron chi connectivity index (χ3n) is 3.67. The lowest BCUT2D eigenvalue weighted by Crippen LogP contribution is -2.45. The summed E-state index contributed by atoms with van der Waals surface area (Å²) in [7, 11) is 0.